The third-order valence-electron chi connectivity index (χ3n) is 1.78. The molecule has 0 atom stereocenters. The predicted molar refractivity (Wildman–Crippen MR) is 65.3 cm³/mol. The number of thioether (sulfide) groups is 1. The van der Waals surface area contributed by atoms with Gasteiger partial charge in [0.1, 0.15) is 0 Å². The van der Waals surface area contributed by atoms with Gasteiger partial charge in [-0.25, -0.2) is 0 Å². The monoisotopic (exact) mass is 256 g/mol. The Morgan fingerprint density at radius 1 is 1.38 bits per heavy atom. The molecule has 0 amide bonds. The SMILES string of the molecule is CS/C(Br)=C/CCc1ccccc1. The van der Waals surface area contributed by atoms with E-state index in [9.17, 15) is 0 Å². The van der Waals surface area contributed by atoms with Gasteiger partial charge in [-0.15, -0.1) is 11.8 Å². The molecule has 1 rings (SSSR count). The third-order valence-corrected chi connectivity index (χ3v) is 3.63. The summed E-state index contributed by atoms with van der Waals surface area (Å²) in [6, 6.07) is 10.6. The smallest absolute Gasteiger partial charge is 0.0460 e. The van der Waals surface area contributed by atoms with Gasteiger partial charge in [-0.2, -0.15) is 0 Å². The van der Waals surface area contributed by atoms with Crippen LogP contribution in [0.4, 0.5) is 0 Å². The van der Waals surface area contributed by atoms with Crippen molar-refractivity contribution in [1.29, 1.82) is 0 Å². The lowest BCUT2D eigenvalue weighted by atomic mass is 10.1. The first-order valence-corrected chi connectivity index (χ1v) is 6.28. The third kappa shape index (κ3) is 4.53. The molecule has 0 unspecified atom stereocenters. The fourth-order valence-electron chi connectivity index (χ4n) is 1.08. The average molecular weight is 257 g/mol. The lowest BCUT2D eigenvalue weighted by Gasteiger charge is -1.97. The topological polar surface area (TPSA) is 0 Å². The lowest BCUT2D eigenvalue weighted by Crippen LogP contribution is -1.81. The number of halogens is 1. The molecule has 0 heterocycles. The minimum atomic E-state index is 1.10. The van der Waals surface area contributed by atoms with E-state index in [2.05, 4.69) is 58.6 Å². The largest absolute Gasteiger partial charge is 0.122 e. The van der Waals surface area contributed by atoms with Crippen LogP contribution in [0.25, 0.3) is 0 Å². The lowest BCUT2D eigenvalue weighted by molar-refractivity contribution is 1.00. The Labute approximate surface area is 92.6 Å². The van der Waals surface area contributed by atoms with Crippen LogP contribution in [0.15, 0.2) is 40.2 Å². The van der Waals surface area contributed by atoms with Crippen molar-refractivity contribution in [2.75, 3.05) is 6.26 Å². The van der Waals surface area contributed by atoms with Crippen molar-refractivity contribution in [3.63, 3.8) is 0 Å². The second-order valence-electron chi connectivity index (χ2n) is 2.74. The van der Waals surface area contributed by atoms with Crippen molar-refractivity contribution in [3.8, 4) is 0 Å². The molecule has 13 heavy (non-hydrogen) atoms. The zero-order valence-corrected chi connectivity index (χ0v) is 10.1. The van der Waals surface area contributed by atoms with E-state index in [1.54, 1.807) is 11.8 Å². The summed E-state index contributed by atoms with van der Waals surface area (Å²) in [5.74, 6) is 0. The molecule has 2 heteroatoms. The molecule has 70 valence electrons. The summed E-state index contributed by atoms with van der Waals surface area (Å²) in [5.41, 5.74) is 1.40. The molecule has 0 aliphatic heterocycles. The maximum absolute atomic E-state index is 3.47. The Morgan fingerprint density at radius 2 is 2.08 bits per heavy atom. The van der Waals surface area contributed by atoms with E-state index >= 15 is 0 Å². The first kappa shape index (κ1) is 10.9. The molecule has 0 radical (unpaired) electrons. The van der Waals surface area contributed by atoms with Gasteiger partial charge in [-0.1, -0.05) is 36.4 Å². The van der Waals surface area contributed by atoms with Gasteiger partial charge in [0.25, 0.3) is 0 Å². The molecule has 1 aromatic rings. The normalized spacial score (nSPS) is 11.7. The molecule has 0 N–H and O–H groups in total. The minimum Gasteiger partial charge on any atom is -0.122 e. The number of hydrogen-bond acceptors (Lipinski definition) is 1. The quantitative estimate of drug-likeness (QED) is 0.778. The van der Waals surface area contributed by atoms with Crippen LogP contribution in [-0.2, 0) is 6.42 Å². The Morgan fingerprint density at radius 3 is 2.69 bits per heavy atom. The Bertz CT molecular complexity index is 267. The van der Waals surface area contributed by atoms with E-state index in [1.807, 2.05) is 0 Å². The minimum absolute atomic E-state index is 1.10. The first-order chi connectivity index (χ1) is 6.33. The molecule has 0 bridgehead atoms. The zero-order valence-electron chi connectivity index (χ0n) is 7.66. The van der Waals surface area contributed by atoms with Crippen molar-refractivity contribution in [1.82, 2.24) is 0 Å². The molecule has 0 aliphatic rings. The van der Waals surface area contributed by atoms with Crippen molar-refractivity contribution in [2.45, 2.75) is 12.8 Å². The van der Waals surface area contributed by atoms with Crippen LogP contribution in [0, 0.1) is 0 Å². The van der Waals surface area contributed by atoms with Crippen LogP contribution in [0.5, 0.6) is 0 Å². The van der Waals surface area contributed by atoms with Gasteiger partial charge < -0.3 is 0 Å². The van der Waals surface area contributed by atoms with Crippen LogP contribution in [-0.4, -0.2) is 6.26 Å². The summed E-state index contributed by atoms with van der Waals surface area (Å²) < 4.78 is 1.23. The highest BCUT2D eigenvalue weighted by Gasteiger charge is 1.90. The van der Waals surface area contributed by atoms with Crippen LogP contribution in [0.1, 0.15) is 12.0 Å². The number of allylic oxidation sites excluding steroid dienone is 1. The van der Waals surface area contributed by atoms with Gasteiger partial charge in [0.15, 0.2) is 0 Å². The van der Waals surface area contributed by atoms with E-state index in [0.717, 1.165) is 12.8 Å². The van der Waals surface area contributed by atoms with Gasteiger partial charge in [-0.3, -0.25) is 0 Å². The van der Waals surface area contributed by atoms with Gasteiger partial charge in [0.05, 0.1) is 0 Å². The predicted octanol–water partition coefficient (Wildman–Crippen LogP) is 4.22. The van der Waals surface area contributed by atoms with E-state index < -0.39 is 0 Å². The van der Waals surface area contributed by atoms with Crippen molar-refractivity contribution in [3.05, 3.63) is 45.8 Å². The number of benzene rings is 1. The van der Waals surface area contributed by atoms with Crippen LogP contribution in [0.2, 0.25) is 0 Å². The average Bonchev–Trinajstić information content (AvgIpc) is 2.19. The molecular formula is C11H13BrS. The van der Waals surface area contributed by atoms with Crippen LogP contribution in [0.3, 0.4) is 0 Å². The molecular weight excluding hydrogens is 244 g/mol. The van der Waals surface area contributed by atoms with E-state index in [4.69, 9.17) is 0 Å². The van der Waals surface area contributed by atoms with Crippen LogP contribution >= 0.6 is 27.7 Å². The second kappa shape index (κ2) is 6.28. The van der Waals surface area contributed by atoms with E-state index in [-0.39, 0.29) is 0 Å². The molecule has 0 saturated carbocycles. The number of hydrogen-bond donors (Lipinski definition) is 0. The molecule has 0 aliphatic carbocycles. The van der Waals surface area contributed by atoms with E-state index in [1.165, 1.54) is 9.38 Å². The number of rotatable bonds is 4. The Balaban J connectivity index is 2.36. The second-order valence-corrected chi connectivity index (χ2v) is 4.96. The molecule has 0 fully saturated rings. The maximum Gasteiger partial charge on any atom is 0.0460 e. The van der Waals surface area contributed by atoms with E-state index in [0.29, 0.717) is 0 Å². The van der Waals surface area contributed by atoms with Crippen molar-refractivity contribution in [2.24, 2.45) is 0 Å². The summed E-state index contributed by atoms with van der Waals surface area (Å²) in [5, 5.41) is 0. The fraction of sp³-hybridized carbons (Fsp3) is 0.273. The van der Waals surface area contributed by atoms with Gasteiger partial charge in [-0.05, 0) is 40.6 Å². The summed E-state index contributed by atoms with van der Waals surface area (Å²) in [6.07, 6.45) is 6.52. The standard InChI is InChI=1S/C11H13BrS/c1-13-11(12)9-5-8-10-6-3-2-4-7-10/h2-4,6-7,9H,5,8H2,1H3/b11-9+. The summed E-state index contributed by atoms with van der Waals surface area (Å²) in [4.78, 5) is 0. The van der Waals surface area contributed by atoms with Gasteiger partial charge in [0.2, 0.25) is 0 Å². The summed E-state index contributed by atoms with van der Waals surface area (Å²) >= 11 is 5.21. The van der Waals surface area contributed by atoms with Gasteiger partial charge >= 0.3 is 0 Å². The number of aryl methyl sites for hydroxylation is 1. The first-order valence-electron chi connectivity index (χ1n) is 4.26. The summed E-state index contributed by atoms with van der Waals surface area (Å²) in [7, 11) is 0. The fourth-order valence-corrected chi connectivity index (χ4v) is 1.59. The molecule has 0 nitrogen and oxygen atoms in total. The highest BCUT2D eigenvalue weighted by Crippen LogP contribution is 2.19. The summed E-state index contributed by atoms with van der Waals surface area (Å²) in [6.45, 7) is 0. The van der Waals surface area contributed by atoms with Gasteiger partial charge in [0, 0.05) is 3.81 Å². The molecule has 0 saturated heterocycles. The highest BCUT2D eigenvalue weighted by atomic mass is 79.9. The highest BCUT2D eigenvalue weighted by molar-refractivity contribution is 9.14. The van der Waals surface area contributed by atoms with Crippen molar-refractivity contribution < 1.29 is 0 Å². The molecule has 1 aromatic carbocycles. The maximum atomic E-state index is 3.47. The van der Waals surface area contributed by atoms with Crippen molar-refractivity contribution >= 4 is 27.7 Å². The van der Waals surface area contributed by atoms with Crippen LogP contribution < -0.4 is 0 Å². The molecule has 0 aromatic heterocycles. The zero-order chi connectivity index (χ0) is 9.52. The Hall–Kier alpha value is -0.210. The Kier molecular flexibility index (Phi) is 5.25. The molecule has 0 spiro atoms.